The van der Waals surface area contributed by atoms with Crippen molar-refractivity contribution >= 4 is 143 Å². The number of rotatable bonds is 13. The lowest BCUT2D eigenvalue weighted by Crippen LogP contribution is -2.11. The van der Waals surface area contributed by atoms with Gasteiger partial charge in [-0.15, -0.1) is 0 Å². The van der Waals surface area contributed by atoms with Gasteiger partial charge in [0.1, 0.15) is 44.7 Å². The average molecular weight is 1410 g/mol. The minimum atomic E-state index is 0.824. The van der Waals surface area contributed by atoms with E-state index in [1.807, 2.05) is 12.1 Å². The smallest absolute Gasteiger partial charge is 0.143 e. The molecular weight excluding hydrogens is 1340 g/mol. The Hall–Kier alpha value is -14.7. The van der Waals surface area contributed by atoms with Gasteiger partial charge in [0.2, 0.25) is 0 Å². The molecule has 110 heavy (non-hydrogen) atoms. The van der Waals surface area contributed by atoms with Gasteiger partial charge in [-0.3, -0.25) is 0 Å². The highest BCUT2D eigenvalue weighted by atomic mass is 16.3. The summed E-state index contributed by atoms with van der Waals surface area (Å²) in [6.45, 7) is 0. The van der Waals surface area contributed by atoms with Crippen molar-refractivity contribution in [3.63, 3.8) is 0 Å². The number of furan rings is 4. The van der Waals surface area contributed by atoms with Crippen molar-refractivity contribution in [2.45, 2.75) is 0 Å². The summed E-state index contributed by atoms with van der Waals surface area (Å²) in [7, 11) is 0. The molecule has 0 spiro atoms. The normalized spacial score (nSPS) is 11.8. The predicted molar refractivity (Wildman–Crippen MR) is 458 cm³/mol. The molecule has 0 fully saturated rings. The van der Waals surface area contributed by atoms with Gasteiger partial charge in [-0.25, -0.2) is 0 Å². The topological polar surface area (TPSA) is 59.0 Å². The van der Waals surface area contributed by atoms with Crippen LogP contribution in [0.25, 0.3) is 187 Å². The maximum atomic E-state index is 7.06. The average Bonchev–Trinajstić information content (AvgIpc) is 1.55. The van der Waals surface area contributed by atoms with Crippen molar-refractivity contribution < 1.29 is 17.7 Å². The van der Waals surface area contributed by atoms with Crippen molar-refractivity contribution in [2.24, 2.45) is 0 Å². The lowest BCUT2D eigenvalue weighted by atomic mass is 9.95. The summed E-state index contributed by atoms with van der Waals surface area (Å²) in [6, 6.07) is 139. The Morgan fingerprint density at radius 2 is 0.564 bits per heavy atom. The Balaban J connectivity index is 0.604. The zero-order chi connectivity index (χ0) is 72.3. The van der Waals surface area contributed by atoms with Crippen LogP contribution in [0.2, 0.25) is 0 Å². The summed E-state index contributed by atoms with van der Waals surface area (Å²) in [6.07, 6.45) is 0. The SMILES string of the molecule is c1ccc(-c2cccc(N(c3ccc(-c4ccc5c(c4)oc4c(-c6ccc7c(ccc8c7oc7cccc(-c9ccccc9N(c9ccc(-c%10cccc%11oc%12ccccc%12c%10%11)cc9)c9cccc(-c%10ccccc%10)c9)c78)c6)cccc45)cc3)c3ccccc3-c3cccc4oc5c6ccccc6ccc5c34)c2)cc1. The van der Waals surface area contributed by atoms with Gasteiger partial charge in [0.05, 0.1) is 11.4 Å². The van der Waals surface area contributed by atoms with E-state index in [0.717, 1.165) is 221 Å². The standard InChI is InChI=1S/C104H64N2O4/c1-3-21-65(22-4-1)70-26-15-28-77(62-70)105(92-39-12-9-31-83(92)86-36-19-43-96-100(86)90-59-49-68-25-7-8-30-80(68)103(90)108-96)75-53-45-67(46-54-75)72-50-58-85-88-38-17-35-81(102(88)110-98(85)64-72)73-51-57-82-74(61-73)52-60-91-101-87(37-20-44-97(101)109-104(82)91)84-32-10-13-40-93(84)106(78-29-16-27-71(63-78)66-23-5-2-6-24-66)76-55-47-69(48-56-76)79-34-18-42-95-99(79)89-33-11-14-41-94(89)107-95/h1-64H. The summed E-state index contributed by atoms with van der Waals surface area (Å²) in [4.78, 5) is 4.79. The molecule has 0 unspecified atom stereocenters. The second kappa shape index (κ2) is 25.5. The molecule has 0 saturated carbocycles. The van der Waals surface area contributed by atoms with Gasteiger partial charge in [0, 0.05) is 93.3 Å². The van der Waals surface area contributed by atoms with E-state index in [1.165, 1.54) is 0 Å². The minimum absolute atomic E-state index is 0.824. The monoisotopic (exact) mass is 1400 g/mol. The Morgan fingerprint density at radius 1 is 0.164 bits per heavy atom. The van der Waals surface area contributed by atoms with Crippen LogP contribution in [-0.4, -0.2) is 0 Å². The number of nitrogens with zero attached hydrogens (tertiary/aromatic N) is 2. The molecule has 0 radical (unpaired) electrons. The van der Waals surface area contributed by atoms with E-state index < -0.39 is 0 Å². The molecule has 22 aromatic rings. The van der Waals surface area contributed by atoms with Gasteiger partial charge in [-0.05, 0) is 193 Å². The van der Waals surface area contributed by atoms with Crippen LogP contribution in [0.4, 0.5) is 34.1 Å². The first-order chi connectivity index (χ1) is 54.5. The van der Waals surface area contributed by atoms with Crippen LogP contribution in [0, 0.1) is 0 Å². The highest BCUT2D eigenvalue weighted by Crippen LogP contribution is 2.51. The van der Waals surface area contributed by atoms with E-state index in [1.54, 1.807) is 0 Å². The van der Waals surface area contributed by atoms with Gasteiger partial charge in [0.15, 0.2) is 0 Å². The van der Waals surface area contributed by atoms with Crippen LogP contribution in [-0.2, 0) is 0 Å². The molecule has 18 aromatic carbocycles. The Morgan fingerprint density at radius 3 is 1.20 bits per heavy atom. The second-order valence-corrected chi connectivity index (χ2v) is 28.5. The molecule has 0 amide bonds. The van der Waals surface area contributed by atoms with Crippen molar-refractivity contribution in [3.8, 4) is 77.9 Å². The first-order valence-electron chi connectivity index (χ1n) is 37.4. The van der Waals surface area contributed by atoms with Crippen LogP contribution >= 0.6 is 0 Å². The molecule has 22 rings (SSSR count). The second-order valence-electron chi connectivity index (χ2n) is 28.5. The van der Waals surface area contributed by atoms with E-state index >= 15 is 0 Å². The molecule has 6 heteroatoms. The van der Waals surface area contributed by atoms with E-state index in [2.05, 4.69) is 386 Å². The fourth-order valence-electron chi connectivity index (χ4n) is 17.2. The quantitative estimate of drug-likeness (QED) is 0.115. The molecule has 0 aliphatic carbocycles. The van der Waals surface area contributed by atoms with Crippen LogP contribution in [0.15, 0.2) is 406 Å². The Kier molecular flexibility index (Phi) is 14.5. The highest BCUT2D eigenvalue weighted by Gasteiger charge is 2.26. The lowest BCUT2D eigenvalue weighted by Gasteiger charge is -2.28. The Bertz CT molecular complexity index is 7410. The minimum Gasteiger partial charge on any atom is -0.456 e. The zero-order valence-electron chi connectivity index (χ0n) is 59.5. The van der Waals surface area contributed by atoms with Crippen molar-refractivity contribution in [2.75, 3.05) is 9.80 Å². The first-order valence-corrected chi connectivity index (χ1v) is 37.4. The van der Waals surface area contributed by atoms with E-state index in [4.69, 9.17) is 17.7 Å². The maximum Gasteiger partial charge on any atom is 0.143 e. The molecule has 0 aliphatic rings. The van der Waals surface area contributed by atoms with Gasteiger partial charge in [-0.1, -0.05) is 267 Å². The molecule has 4 heterocycles. The molecule has 0 bridgehead atoms. The van der Waals surface area contributed by atoms with Crippen LogP contribution in [0.1, 0.15) is 0 Å². The van der Waals surface area contributed by atoms with E-state index in [9.17, 15) is 0 Å². The van der Waals surface area contributed by atoms with Crippen molar-refractivity contribution in [1.82, 2.24) is 0 Å². The van der Waals surface area contributed by atoms with E-state index in [0.29, 0.717) is 0 Å². The largest absolute Gasteiger partial charge is 0.456 e. The molecule has 0 atom stereocenters. The molecular formula is C104H64N2O4. The van der Waals surface area contributed by atoms with Gasteiger partial charge < -0.3 is 27.5 Å². The summed E-state index contributed by atoms with van der Waals surface area (Å²) < 4.78 is 27.2. The number of para-hydroxylation sites is 4. The number of fused-ring (bicyclic) bond motifs is 16. The predicted octanol–water partition coefficient (Wildman–Crippen LogP) is 30.2. The highest BCUT2D eigenvalue weighted by molar-refractivity contribution is 6.22. The Labute approximate surface area is 633 Å². The molecule has 4 aromatic heterocycles. The van der Waals surface area contributed by atoms with Crippen molar-refractivity contribution in [1.29, 1.82) is 0 Å². The lowest BCUT2D eigenvalue weighted by molar-refractivity contribution is 0.669. The number of hydrogen-bond donors (Lipinski definition) is 0. The number of anilines is 6. The summed E-state index contributed by atoms with van der Waals surface area (Å²) in [5.74, 6) is 0. The first kappa shape index (κ1) is 62.6. The molecule has 514 valence electrons. The van der Waals surface area contributed by atoms with E-state index in [-0.39, 0.29) is 0 Å². The summed E-state index contributed by atoms with van der Waals surface area (Å²) in [5, 5.41) is 13.0. The van der Waals surface area contributed by atoms with Gasteiger partial charge in [0.25, 0.3) is 0 Å². The zero-order valence-corrected chi connectivity index (χ0v) is 59.5. The maximum absolute atomic E-state index is 7.06. The molecule has 6 nitrogen and oxygen atoms in total. The fourth-order valence-corrected chi connectivity index (χ4v) is 17.2. The van der Waals surface area contributed by atoms with Crippen LogP contribution in [0.3, 0.4) is 0 Å². The van der Waals surface area contributed by atoms with Crippen LogP contribution < -0.4 is 9.80 Å². The number of hydrogen-bond acceptors (Lipinski definition) is 6. The third-order valence-corrected chi connectivity index (χ3v) is 22.3. The van der Waals surface area contributed by atoms with Crippen molar-refractivity contribution in [3.05, 3.63) is 388 Å². The number of benzene rings is 18. The van der Waals surface area contributed by atoms with Crippen LogP contribution in [0.5, 0.6) is 0 Å². The summed E-state index contributed by atoms with van der Waals surface area (Å²) in [5.41, 5.74) is 28.5. The molecule has 0 saturated heterocycles. The third kappa shape index (κ3) is 10.3. The summed E-state index contributed by atoms with van der Waals surface area (Å²) >= 11 is 0. The third-order valence-electron chi connectivity index (χ3n) is 22.3. The van der Waals surface area contributed by atoms with Gasteiger partial charge >= 0.3 is 0 Å². The molecule has 0 N–H and O–H groups in total. The molecule has 0 aliphatic heterocycles. The van der Waals surface area contributed by atoms with Gasteiger partial charge in [-0.2, -0.15) is 0 Å². The fraction of sp³-hybridized carbons (Fsp3) is 0.